The molecule has 0 saturated heterocycles. The number of hydrogen-bond acceptors (Lipinski definition) is 4. The van der Waals surface area contributed by atoms with Gasteiger partial charge in [-0.1, -0.05) is 20.8 Å². The first-order valence-electron chi connectivity index (χ1n) is 4.87. The van der Waals surface area contributed by atoms with Crippen LogP contribution in [0.15, 0.2) is 28.6 Å². The Morgan fingerprint density at radius 3 is 2.76 bits per heavy atom. The molecule has 0 amide bonds. The third kappa shape index (κ3) is 2.35. The third-order valence-corrected chi connectivity index (χ3v) is 5.97. The highest BCUT2D eigenvalue weighted by Crippen LogP contribution is 2.61. The summed E-state index contributed by atoms with van der Waals surface area (Å²) in [5.74, 6) is -0.323. The van der Waals surface area contributed by atoms with E-state index < -0.39 is 9.25 Å². The highest BCUT2D eigenvalue weighted by molar-refractivity contribution is 8.88. The molecule has 1 heterocycles. The highest BCUT2D eigenvalue weighted by atomic mass is 35.5. The summed E-state index contributed by atoms with van der Waals surface area (Å²) in [7, 11) is 1.73. The van der Waals surface area contributed by atoms with Gasteiger partial charge in [0.2, 0.25) is 0 Å². The second-order valence-electron chi connectivity index (χ2n) is 3.63. The smallest absolute Gasteiger partial charge is 0.139 e. The van der Waals surface area contributed by atoms with Gasteiger partial charge in [0, 0.05) is 20.3 Å². The van der Waals surface area contributed by atoms with Crippen LogP contribution >= 0.6 is 32.5 Å². The van der Waals surface area contributed by atoms with Gasteiger partial charge in [0.25, 0.3) is 0 Å². The normalized spacial score (nSPS) is 27.0. The maximum Gasteiger partial charge on any atom is 0.139 e. The lowest BCUT2D eigenvalue weighted by molar-refractivity contribution is 0.441. The number of anilines is 1. The van der Waals surface area contributed by atoms with E-state index in [1.807, 2.05) is 18.7 Å². The number of nitrogens with one attached hydrogen (secondary N) is 2. The Labute approximate surface area is 111 Å². The molecule has 1 aliphatic rings. The first kappa shape index (κ1) is 12.9. The summed E-state index contributed by atoms with van der Waals surface area (Å²) >= 11 is 10.6. The molecule has 1 atom stereocenters. The van der Waals surface area contributed by atoms with E-state index in [0.717, 1.165) is 0 Å². The van der Waals surface area contributed by atoms with Crippen LogP contribution in [-0.4, -0.2) is 19.1 Å². The van der Waals surface area contributed by atoms with Gasteiger partial charge < -0.3 is 10.3 Å². The van der Waals surface area contributed by atoms with Gasteiger partial charge >= 0.3 is 0 Å². The largest absolute Gasteiger partial charge is 0.387 e. The van der Waals surface area contributed by atoms with E-state index in [1.54, 1.807) is 18.1 Å². The van der Waals surface area contributed by atoms with Crippen molar-refractivity contribution >= 4 is 38.2 Å². The summed E-state index contributed by atoms with van der Waals surface area (Å²) in [6.45, 7) is 0. The Balaban J connectivity index is 2.47. The van der Waals surface area contributed by atoms with Crippen molar-refractivity contribution < 1.29 is 4.39 Å². The molecule has 2 N–H and O–H groups in total. The Morgan fingerprint density at radius 2 is 2.24 bits per heavy atom. The Bertz CT molecular complexity index is 483. The van der Waals surface area contributed by atoms with Crippen molar-refractivity contribution in [3.8, 4) is 0 Å². The molecule has 1 aromatic carbocycles. The molecule has 7 heteroatoms. The molecule has 94 valence electrons. The van der Waals surface area contributed by atoms with Crippen molar-refractivity contribution in [2.24, 2.45) is 0 Å². The minimum atomic E-state index is -1.81. The molecule has 0 saturated carbocycles. The van der Waals surface area contributed by atoms with Gasteiger partial charge in [-0.05, 0) is 17.5 Å². The fourth-order valence-electron chi connectivity index (χ4n) is 1.54. The molecule has 1 aromatic rings. The zero-order chi connectivity index (χ0) is 12.6. The van der Waals surface area contributed by atoms with Crippen LogP contribution in [0.5, 0.6) is 0 Å². The summed E-state index contributed by atoms with van der Waals surface area (Å²) in [6.07, 6.45) is 1.82. The van der Waals surface area contributed by atoms with Crippen molar-refractivity contribution in [3.05, 3.63) is 34.6 Å². The Morgan fingerprint density at radius 1 is 1.53 bits per heavy atom. The van der Waals surface area contributed by atoms with E-state index in [0.29, 0.717) is 15.6 Å². The Hall–Kier alpha value is -0.560. The van der Waals surface area contributed by atoms with Crippen molar-refractivity contribution in [2.45, 2.75) is 4.90 Å². The fraction of sp³-hybridized carbons (Fsp3) is 0.200. The fourth-order valence-corrected chi connectivity index (χ4v) is 4.65. The minimum absolute atomic E-state index is 0.323. The SMILES string of the molecule is CNc1cc(F)c(S2(S)C=CN(C)N2)cc1Cl. The summed E-state index contributed by atoms with van der Waals surface area (Å²) in [6, 6.07) is 3.00. The maximum atomic E-state index is 14.0. The number of hydrogen-bond donors (Lipinski definition) is 3. The van der Waals surface area contributed by atoms with Crippen LogP contribution in [0.4, 0.5) is 10.1 Å². The van der Waals surface area contributed by atoms with Gasteiger partial charge in [-0.2, -0.15) is 4.83 Å². The van der Waals surface area contributed by atoms with Crippen LogP contribution in [0.3, 0.4) is 0 Å². The highest BCUT2D eigenvalue weighted by Gasteiger charge is 2.28. The van der Waals surface area contributed by atoms with Gasteiger partial charge in [0.1, 0.15) is 5.82 Å². The van der Waals surface area contributed by atoms with Crippen LogP contribution in [0.25, 0.3) is 0 Å². The van der Waals surface area contributed by atoms with E-state index in [-0.39, 0.29) is 5.82 Å². The number of rotatable bonds is 2. The van der Waals surface area contributed by atoms with Crippen LogP contribution in [0, 0.1) is 5.82 Å². The minimum Gasteiger partial charge on any atom is -0.387 e. The third-order valence-electron chi connectivity index (χ3n) is 2.39. The van der Waals surface area contributed by atoms with E-state index in [9.17, 15) is 4.39 Å². The predicted octanol–water partition coefficient (Wildman–Crippen LogP) is 3.37. The predicted molar refractivity (Wildman–Crippen MR) is 75.8 cm³/mol. The molecule has 0 aliphatic carbocycles. The van der Waals surface area contributed by atoms with Gasteiger partial charge in [0.15, 0.2) is 0 Å². The summed E-state index contributed by atoms with van der Waals surface area (Å²) < 4.78 is 14.0. The lowest BCUT2D eigenvalue weighted by Crippen LogP contribution is -2.24. The summed E-state index contributed by atoms with van der Waals surface area (Å²) in [5, 5.41) is 6.92. The molecule has 0 aromatic heterocycles. The van der Waals surface area contributed by atoms with Gasteiger partial charge in [-0.25, -0.2) is 4.39 Å². The monoisotopic (exact) mass is 293 g/mol. The average Bonchev–Trinajstić information content (AvgIpc) is 2.62. The second kappa shape index (κ2) is 4.61. The number of hydrazine groups is 1. The number of thiol groups is 1. The van der Waals surface area contributed by atoms with Crippen LogP contribution in [0.1, 0.15) is 0 Å². The molecule has 0 bridgehead atoms. The summed E-state index contributed by atoms with van der Waals surface area (Å²) in [4.78, 5) is 3.58. The second-order valence-corrected chi connectivity index (χ2v) is 7.91. The number of benzene rings is 1. The molecular formula is C10H13ClFN3S2. The van der Waals surface area contributed by atoms with E-state index >= 15 is 0 Å². The van der Waals surface area contributed by atoms with Crippen molar-refractivity contribution in [1.29, 1.82) is 0 Å². The molecule has 1 aliphatic heterocycles. The first-order chi connectivity index (χ1) is 7.96. The van der Waals surface area contributed by atoms with E-state index in [2.05, 4.69) is 21.8 Å². The van der Waals surface area contributed by atoms with Gasteiger partial charge in [0.05, 0.1) is 15.6 Å². The molecule has 2 rings (SSSR count). The van der Waals surface area contributed by atoms with Crippen LogP contribution in [-0.2, 0) is 0 Å². The lowest BCUT2D eigenvalue weighted by Gasteiger charge is -2.30. The maximum absolute atomic E-state index is 14.0. The van der Waals surface area contributed by atoms with E-state index in [4.69, 9.17) is 11.6 Å². The molecule has 3 nitrogen and oxygen atoms in total. The topological polar surface area (TPSA) is 27.3 Å². The molecule has 0 radical (unpaired) electrons. The first-order valence-corrected chi connectivity index (χ1v) is 8.00. The molecule has 0 spiro atoms. The summed E-state index contributed by atoms with van der Waals surface area (Å²) in [5.41, 5.74) is 0.569. The molecule has 1 unspecified atom stereocenters. The number of nitrogens with zero attached hydrogens (tertiary/aromatic N) is 1. The quantitative estimate of drug-likeness (QED) is 0.576. The zero-order valence-corrected chi connectivity index (χ0v) is 11.8. The van der Waals surface area contributed by atoms with Crippen LogP contribution < -0.4 is 10.1 Å². The van der Waals surface area contributed by atoms with E-state index in [1.165, 1.54) is 6.07 Å². The Kier molecular flexibility index (Phi) is 3.49. The lowest BCUT2D eigenvalue weighted by atomic mass is 10.3. The van der Waals surface area contributed by atoms with Crippen LogP contribution in [0.2, 0.25) is 5.02 Å². The molecule has 0 fully saturated rings. The van der Waals surface area contributed by atoms with Crippen molar-refractivity contribution in [2.75, 3.05) is 19.4 Å². The standard InChI is InChI=1S/C10H13ClFN3S2/c1-13-9-6-8(12)10(5-7(9)11)17(16)4-3-15(2)14-17/h3-6,13-14,16H,1-2H3. The zero-order valence-electron chi connectivity index (χ0n) is 9.37. The molecular weight excluding hydrogens is 281 g/mol. The number of halogens is 2. The van der Waals surface area contributed by atoms with Gasteiger partial charge in [-0.15, -0.1) is 11.7 Å². The van der Waals surface area contributed by atoms with Crippen molar-refractivity contribution in [1.82, 2.24) is 9.84 Å². The van der Waals surface area contributed by atoms with Crippen molar-refractivity contribution in [3.63, 3.8) is 0 Å². The average molecular weight is 294 g/mol. The van der Waals surface area contributed by atoms with Gasteiger partial charge in [-0.3, -0.25) is 0 Å². The molecule has 17 heavy (non-hydrogen) atoms.